The smallest absolute Gasteiger partial charge is 0.337 e. The first-order chi connectivity index (χ1) is 9.90. The van der Waals surface area contributed by atoms with Crippen LogP contribution in [-0.4, -0.2) is 17.0 Å². The van der Waals surface area contributed by atoms with Gasteiger partial charge in [-0.25, -0.2) is 4.79 Å². The molecule has 108 valence electrons. The number of hydrogen-bond acceptors (Lipinski definition) is 2. The van der Waals surface area contributed by atoms with E-state index in [9.17, 15) is 9.59 Å². The molecule has 0 heterocycles. The normalized spacial score (nSPS) is 10.2. The van der Waals surface area contributed by atoms with Crippen molar-refractivity contribution in [2.45, 2.75) is 0 Å². The van der Waals surface area contributed by atoms with Crippen molar-refractivity contribution >= 4 is 56.7 Å². The minimum absolute atomic E-state index is 0.0159. The first-order valence-electron chi connectivity index (χ1n) is 5.68. The Bertz CT molecular complexity index is 734. The molecule has 1 amide bonds. The zero-order valence-corrected chi connectivity index (χ0v) is 13.5. The van der Waals surface area contributed by atoms with E-state index < -0.39 is 11.9 Å². The summed E-state index contributed by atoms with van der Waals surface area (Å²) in [4.78, 5) is 23.4. The molecule has 0 unspecified atom stereocenters. The zero-order valence-electron chi connectivity index (χ0n) is 10.4. The predicted molar refractivity (Wildman–Crippen MR) is 85.5 cm³/mol. The van der Waals surface area contributed by atoms with Gasteiger partial charge in [0.25, 0.3) is 5.91 Å². The third kappa shape index (κ3) is 3.56. The molecule has 0 aliphatic carbocycles. The van der Waals surface area contributed by atoms with Gasteiger partial charge in [0.15, 0.2) is 0 Å². The van der Waals surface area contributed by atoms with Crippen LogP contribution >= 0.6 is 39.1 Å². The number of aromatic carboxylic acids is 1. The fourth-order valence-corrected chi connectivity index (χ4v) is 2.42. The number of para-hydroxylation sites is 1. The van der Waals surface area contributed by atoms with Crippen LogP contribution in [0.5, 0.6) is 0 Å². The van der Waals surface area contributed by atoms with Gasteiger partial charge in [0.2, 0.25) is 0 Å². The van der Waals surface area contributed by atoms with E-state index in [-0.39, 0.29) is 21.8 Å². The van der Waals surface area contributed by atoms with Crippen molar-refractivity contribution < 1.29 is 14.7 Å². The molecule has 0 atom stereocenters. The van der Waals surface area contributed by atoms with Crippen LogP contribution in [0, 0.1) is 0 Å². The lowest BCUT2D eigenvalue weighted by Gasteiger charge is -2.11. The molecule has 7 heteroatoms. The van der Waals surface area contributed by atoms with E-state index in [1.807, 2.05) is 0 Å². The molecule has 2 rings (SSSR count). The van der Waals surface area contributed by atoms with Gasteiger partial charge in [-0.3, -0.25) is 4.79 Å². The van der Waals surface area contributed by atoms with Crippen molar-refractivity contribution in [2.75, 3.05) is 5.32 Å². The van der Waals surface area contributed by atoms with E-state index in [0.29, 0.717) is 9.50 Å². The van der Waals surface area contributed by atoms with Crippen LogP contribution in [0.2, 0.25) is 10.0 Å². The molecule has 2 aromatic rings. The average molecular weight is 389 g/mol. The molecular formula is C14H8BrCl2NO3. The summed E-state index contributed by atoms with van der Waals surface area (Å²) in [5.41, 5.74) is 0.440. The number of carboxylic acids is 1. The van der Waals surface area contributed by atoms with Gasteiger partial charge >= 0.3 is 5.97 Å². The summed E-state index contributed by atoms with van der Waals surface area (Å²) < 4.78 is 0.468. The van der Waals surface area contributed by atoms with Gasteiger partial charge < -0.3 is 10.4 Å². The van der Waals surface area contributed by atoms with Crippen LogP contribution < -0.4 is 5.32 Å². The van der Waals surface area contributed by atoms with Crippen LogP contribution in [0.25, 0.3) is 0 Å². The van der Waals surface area contributed by atoms with E-state index in [1.54, 1.807) is 12.1 Å². The summed E-state index contributed by atoms with van der Waals surface area (Å²) in [6.07, 6.45) is 0. The molecule has 21 heavy (non-hydrogen) atoms. The Morgan fingerprint density at radius 3 is 2.43 bits per heavy atom. The van der Waals surface area contributed by atoms with Crippen LogP contribution in [0.3, 0.4) is 0 Å². The molecule has 0 aliphatic heterocycles. The van der Waals surface area contributed by atoms with Gasteiger partial charge in [0.1, 0.15) is 0 Å². The predicted octanol–water partition coefficient (Wildman–Crippen LogP) is 4.71. The molecule has 0 saturated heterocycles. The molecule has 0 fully saturated rings. The first-order valence-corrected chi connectivity index (χ1v) is 7.23. The number of anilines is 1. The summed E-state index contributed by atoms with van der Waals surface area (Å²) >= 11 is 14.9. The molecule has 0 saturated carbocycles. The lowest BCUT2D eigenvalue weighted by Crippen LogP contribution is -2.15. The van der Waals surface area contributed by atoms with E-state index >= 15 is 0 Å². The highest BCUT2D eigenvalue weighted by Gasteiger charge is 2.16. The van der Waals surface area contributed by atoms with E-state index in [4.69, 9.17) is 28.3 Å². The number of amides is 1. The second kappa shape index (κ2) is 6.47. The maximum Gasteiger partial charge on any atom is 0.337 e. The van der Waals surface area contributed by atoms with Crippen molar-refractivity contribution in [1.82, 2.24) is 0 Å². The van der Waals surface area contributed by atoms with Crippen molar-refractivity contribution in [2.24, 2.45) is 0 Å². The molecule has 2 N–H and O–H groups in total. The Kier molecular flexibility index (Phi) is 4.88. The lowest BCUT2D eigenvalue weighted by atomic mass is 10.1. The van der Waals surface area contributed by atoms with Crippen molar-refractivity contribution in [1.29, 1.82) is 0 Å². The molecule has 0 bridgehead atoms. The standard InChI is InChI=1S/C14H8BrCl2NO3/c15-9-3-1-2-8(14(20)21)12(9)18-13(19)7-4-5-10(16)11(17)6-7/h1-6H,(H,18,19)(H,20,21). The Balaban J connectivity index is 2.36. The fourth-order valence-electron chi connectivity index (χ4n) is 1.65. The summed E-state index contributed by atoms with van der Waals surface area (Å²) in [7, 11) is 0. The monoisotopic (exact) mass is 387 g/mol. The highest BCUT2D eigenvalue weighted by molar-refractivity contribution is 9.10. The fraction of sp³-hybridized carbons (Fsp3) is 0. The SMILES string of the molecule is O=C(Nc1c(Br)cccc1C(=O)O)c1ccc(Cl)c(Cl)c1. The van der Waals surface area contributed by atoms with E-state index in [1.165, 1.54) is 24.3 Å². The maximum absolute atomic E-state index is 12.2. The summed E-state index contributed by atoms with van der Waals surface area (Å²) in [5.74, 6) is -1.62. The largest absolute Gasteiger partial charge is 0.478 e. The number of carbonyl (C=O) groups is 2. The van der Waals surface area contributed by atoms with Crippen LogP contribution in [-0.2, 0) is 0 Å². The van der Waals surface area contributed by atoms with Crippen molar-refractivity contribution in [3.63, 3.8) is 0 Å². The highest BCUT2D eigenvalue weighted by atomic mass is 79.9. The molecule has 2 aromatic carbocycles. The van der Waals surface area contributed by atoms with Crippen LogP contribution in [0.4, 0.5) is 5.69 Å². The lowest BCUT2D eigenvalue weighted by molar-refractivity contribution is 0.0698. The number of nitrogens with one attached hydrogen (secondary N) is 1. The topological polar surface area (TPSA) is 66.4 Å². The Hall–Kier alpha value is -1.56. The first kappa shape index (κ1) is 15.8. The number of hydrogen-bond donors (Lipinski definition) is 2. The maximum atomic E-state index is 12.2. The number of rotatable bonds is 3. The van der Waals surface area contributed by atoms with Crippen molar-refractivity contribution in [3.8, 4) is 0 Å². The number of benzene rings is 2. The number of carboxylic acid groups (broad SMARTS) is 1. The van der Waals surface area contributed by atoms with Gasteiger partial charge in [-0.1, -0.05) is 29.3 Å². The van der Waals surface area contributed by atoms with Crippen molar-refractivity contribution in [3.05, 3.63) is 62.0 Å². The van der Waals surface area contributed by atoms with E-state index in [0.717, 1.165) is 0 Å². The minimum atomic E-state index is -1.14. The average Bonchev–Trinajstić information content (AvgIpc) is 2.43. The molecule has 0 spiro atoms. The van der Waals surface area contributed by atoms with Gasteiger partial charge in [0.05, 0.1) is 21.3 Å². The van der Waals surface area contributed by atoms with Gasteiger partial charge in [-0.05, 0) is 46.3 Å². The summed E-state index contributed by atoms with van der Waals surface area (Å²) in [6.45, 7) is 0. The number of halogens is 3. The van der Waals surface area contributed by atoms with Gasteiger partial charge in [0, 0.05) is 10.0 Å². The molecule has 4 nitrogen and oxygen atoms in total. The zero-order chi connectivity index (χ0) is 15.6. The third-order valence-corrected chi connectivity index (χ3v) is 4.06. The minimum Gasteiger partial charge on any atom is -0.478 e. The molecule has 0 aliphatic rings. The highest BCUT2D eigenvalue weighted by Crippen LogP contribution is 2.28. The summed E-state index contributed by atoms with van der Waals surface area (Å²) in [5, 5.41) is 12.3. The molecule has 0 radical (unpaired) electrons. The Morgan fingerprint density at radius 2 is 1.81 bits per heavy atom. The quantitative estimate of drug-likeness (QED) is 0.800. The number of carbonyl (C=O) groups excluding carboxylic acids is 1. The van der Waals surface area contributed by atoms with E-state index in [2.05, 4.69) is 21.2 Å². The molecule has 0 aromatic heterocycles. The third-order valence-electron chi connectivity index (χ3n) is 2.66. The van der Waals surface area contributed by atoms with Gasteiger partial charge in [-0.2, -0.15) is 0 Å². The van der Waals surface area contributed by atoms with Gasteiger partial charge in [-0.15, -0.1) is 0 Å². The molecular weight excluding hydrogens is 381 g/mol. The second-order valence-corrected chi connectivity index (χ2v) is 5.72. The Morgan fingerprint density at radius 1 is 1.10 bits per heavy atom. The van der Waals surface area contributed by atoms with Crippen LogP contribution in [0.1, 0.15) is 20.7 Å². The summed E-state index contributed by atoms with van der Waals surface area (Å²) in [6, 6.07) is 9.02. The Labute approximate surface area is 138 Å². The second-order valence-electron chi connectivity index (χ2n) is 4.05. The van der Waals surface area contributed by atoms with Crippen LogP contribution in [0.15, 0.2) is 40.9 Å².